The first-order chi connectivity index (χ1) is 15.5. The third-order valence-corrected chi connectivity index (χ3v) is 6.57. The summed E-state index contributed by atoms with van der Waals surface area (Å²) in [6, 6.07) is 10.4. The van der Waals surface area contributed by atoms with Gasteiger partial charge in [-0.15, -0.1) is 11.3 Å². The van der Waals surface area contributed by atoms with Crippen molar-refractivity contribution in [3.05, 3.63) is 58.9 Å². The Morgan fingerprint density at radius 1 is 1.09 bits per heavy atom. The highest BCUT2D eigenvalue weighted by Gasteiger charge is 2.21. The Morgan fingerprint density at radius 2 is 1.88 bits per heavy atom. The molecule has 1 aliphatic heterocycles. The number of rotatable bonds is 7. The van der Waals surface area contributed by atoms with Gasteiger partial charge in [0, 0.05) is 49.7 Å². The minimum atomic E-state index is -0.344. The zero-order valence-corrected chi connectivity index (χ0v) is 19.2. The van der Waals surface area contributed by atoms with E-state index in [-0.39, 0.29) is 11.6 Å². The van der Waals surface area contributed by atoms with Gasteiger partial charge in [-0.1, -0.05) is 0 Å². The molecule has 1 aromatic heterocycles. The van der Waals surface area contributed by atoms with Gasteiger partial charge in [-0.05, 0) is 37.3 Å². The molecular weight excluding hydrogens is 429 g/mol. The number of Topliss-reactive ketones (excluding diaryl/α,β-unsaturated/α-hetero) is 1. The molecule has 0 aliphatic carbocycles. The number of anilines is 1. The number of methoxy groups -OCH3 is 2. The molecule has 0 N–H and O–H groups in total. The summed E-state index contributed by atoms with van der Waals surface area (Å²) in [7, 11) is 3.27. The fourth-order valence-electron chi connectivity index (χ4n) is 3.84. The van der Waals surface area contributed by atoms with Gasteiger partial charge in [0.1, 0.15) is 22.3 Å². The number of benzene rings is 2. The maximum atomic E-state index is 14.5. The highest BCUT2D eigenvalue weighted by atomic mass is 32.1. The maximum Gasteiger partial charge on any atom is 0.159 e. The molecular formula is C24H26FN3O3S. The highest BCUT2D eigenvalue weighted by Crippen LogP contribution is 2.35. The third kappa shape index (κ3) is 4.76. The zero-order valence-electron chi connectivity index (χ0n) is 18.4. The molecule has 4 rings (SSSR count). The second-order valence-electron chi connectivity index (χ2n) is 7.70. The van der Waals surface area contributed by atoms with Crippen LogP contribution in [-0.4, -0.2) is 56.1 Å². The summed E-state index contributed by atoms with van der Waals surface area (Å²) in [5, 5.41) is 2.98. The van der Waals surface area contributed by atoms with Gasteiger partial charge in [-0.25, -0.2) is 9.37 Å². The van der Waals surface area contributed by atoms with E-state index in [4.69, 9.17) is 14.5 Å². The Balaban J connectivity index is 1.38. The van der Waals surface area contributed by atoms with Crippen molar-refractivity contribution in [2.45, 2.75) is 13.5 Å². The van der Waals surface area contributed by atoms with E-state index < -0.39 is 0 Å². The van der Waals surface area contributed by atoms with Gasteiger partial charge >= 0.3 is 0 Å². The van der Waals surface area contributed by atoms with Crippen molar-refractivity contribution >= 4 is 22.8 Å². The van der Waals surface area contributed by atoms with Crippen molar-refractivity contribution in [2.24, 2.45) is 0 Å². The van der Waals surface area contributed by atoms with Crippen LogP contribution in [0.1, 0.15) is 23.0 Å². The van der Waals surface area contributed by atoms with Crippen LogP contribution in [0.4, 0.5) is 10.1 Å². The largest absolute Gasteiger partial charge is 0.497 e. The average molecular weight is 456 g/mol. The first-order valence-electron chi connectivity index (χ1n) is 10.4. The molecule has 0 bridgehead atoms. The summed E-state index contributed by atoms with van der Waals surface area (Å²) < 4.78 is 25.3. The van der Waals surface area contributed by atoms with Gasteiger partial charge in [0.15, 0.2) is 5.78 Å². The molecule has 3 aromatic rings. The normalized spacial score (nSPS) is 14.4. The lowest BCUT2D eigenvalue weighted by atomic mass is 10.1. The number of ether oxygens (including phenoxy) is 2. The van der Waals surface area contributed by atoms with Crippen LogP contribution in [0.25, 0.3) is 10.6 Å². The number of carbonyl (C=O) groups excluding carboxylic acids is 1. The molecule has 2 aromatic carbocycles. The number of halogens is 1. The predicted octanol–water partition coefficient (Wildman–Crippen LogP) is 4.49. The smallest absolute Gasteiger partial charge is 0.159 e. The highest BCUT2D eigenvalue weighted by molar-refractivity contribution is 7.13. The second-order valence-corrected chi connectivity index (χ2v) is 8.55. The molecule has 6 nitrogen and oxygen atoms in total. The van der Waals surface area contributed by atoms with Crippen molar-refractivity contribution in [3.63, 3.8) is 0 Å². The third-order valence-electron chi connectivity index (χ3n) is 5.64. The Hall–Kier alpha value is -2.97. The number of hydrogen-bond acceptors (Lipinski definition) is 7. The Morgan fingerprint density at radius 3 is 2.53 bits per heavy atom. The number of aromatic nitrogens is 1. The van der Waals surface area contributed by atoms with Gasteiger partial charge in [0.25, 0.3) is 0 Å². The van der Waals surface area contributed by atoms with E-state index in [1.54, 1.807) is 37.7 Å². The molecule has 0 atom stereocenters. The second kappa shape index (κ2) is 9.67. The lowest BCUT2D eigenvalue weighted by Gasteiger charge is -2.36. The molecule has 1 saturated heterocycles. The minimum absolute atomic E-state index is 0.129. The van der Waals surface area contributed by atoms with E-state index in [0.29, 0.717) is 11.3 Å². The molecule has 0 amide bonds. The van der Waals surface area contributed by atoms with Gasteiger partial charge in [0.2, 0.25) is 0 Å². The van der Waals surface area contributed by atoms with Crippen molar-refractivity contribution in [1.82, 2.24) is 9.88 Å². The number of piperazine rings is 1. The van der Waals surface area contributed by atoms with Crippen LogP contribution in [-0.2, 0) is 6.54 Å². The first kappa shape index (κ1) is 22.2. The monoisotopic (exact) mass is 455 g/mol. The lowest BCUT2D eigenvalue weighted by molar-refractivity contribution is 0.101. The fraction of sp³-hybridized carbons (Fsp3) is 0.333. The van der Waals surface area contributed by atoms with Crippen LogP contribution in [0.15, 0.2) is 41.8 Å². The molecule has 0 unspecified atom stereocenters. The first-order valence-corrected chi connectivity index (χ1v) is 11.3. The summed E-state index contributed by atoms with van der Waals surface area (Å²) in [5.74, 6) is 1.00. The quantitative estimate of drug-likeness (QED) is 0.490. The Bertz CT molecular complexity index is 1110. The van der Waals surface area contributed by atoms with Gasteiger partial charge in [-0.3, -0.25) is 9.69 Å². The van der Waals surface area contributed by atoms with E-state index >= 15 is 0 Å². The van der Waals surface area contributed by atoms with Crippen molar-refractivity contribution in [2.75, 3.05) is 45.3 Å². The van der Waals surface area contributed by atoms with Crippen LogP contribution in [0.3, 0.4) is 0 Å². The number of ketones is 1. The Kier molecular flexibility index (Phi) is 6.72. The summed E-state index contributed by atoms with van der Waals surface area (Å²) in [6.07, 6.45) is 0. The van der Waals surface area contributed by atoms with E-state index in [1.165, 1.54) is 13.0 Å². The van der Waals surface area contributed by atoms with E-state index in [9.17, 15) is 9.18 Å². The number of thiazole rings is 1. The molecule has 2 heterocycles. The van der Waals surface area contributed by atoms with E-state index in [0.717, 1.165) is 60.5 Å². The van der Waals surface area contributed by atoms with Crippen LogP contribution >= 0.6 is 11.3 Å². The molecule has 168 valence electrons. The average Bonchev–Trinajstić information content (AvgIpc) is 3.27. The molecule has 32 heavy (non-hydrogen) atoms. The topological polar surface area (TPSA) is 54.9 Å². The van der Waals surface area contributed by atoms with E-state index in [1.807, 2.05) is 23.1 Å². The molecule has 0 radical (unpaired) electrons. The Labute approximate surface area is 191 Å². The number of hydrogen-bond donors (Lipinski definition) is 0. The summed E-state index contributed by atoms with van der Waals surface area (Å²) in [6.45, 7) is 5.26. The number of nitrogens with zero attached hydrogens (tertiary/aromatic N) is 3. The molecule has 1 fully saturated rings. The van der Waals surface area contributed by atoms with Gasteiger partial charge in [-0.2, -0.15) is 0 Å². The maximum absolute atomic E-state index is 14.5. The predicted molar refractivity (Wildman–Crippen MR) is 125 cm³/mol. The van der Waals surface area contributed by atoms with Crippen LogP contribution < -0.4 is 14.4 Å². The lowest BCUT2D eigenvalue weighted by Crippen LogP contribution is -2.46. The molecule has 0 saturated carbocycles. The molecule has 0 spiro atoms. The molecule has 1 aliphatic rings. The van der Waals surface area contributed by atoms with Crippen molar-refractivity contribution < 1.29 is 18.7 Å². The summed E-state index contributed by atoms with van der Waals surface area (Å²) in [4.78, 5) is 20.6. The standard InChI is InChI=1S/C24H26FN3O3S/c1-16(29)17-4-7-22(21(25)12-17)28-10-8-27(9-11-28)14-18-15-32-24(26-18)20-6-5-19(30-2)13-23(20)31-3/h4-7,12-13,15H,8-11,14H2,1-3H3. The fourth-order valence-corrected chi connectivity index (χ4v) is 4.68. The van der Waals surface area contributed by atoms with Crippen molar-refractivity contribution in [3.8, 4) is 22.1 Å². The van der Waals surface area contributed by atoms with Gasteiger partial charge < -0.3 is 14.4 Å². The van der Waals surface area contributed by atoms with Crippen LogP contribution in [0.5, 0.6) is 11.5 Å². The minimum Gasteiger partial charge on any atom is -0.497 e. The van der Waals surface area contributed by atoms with Gasteiger partial charge in [0.05, 0.1) is 31.2 Å². The summed E-state index contributed by atoms with van der Waals surface area (Å²) in [5.41, 5.74) is 2.90. The van der Waals surface area contributed by atoms with E-state index in [2.05, 4.69) is 10.3 Å². The zero-order chi connectivity index (χ0) is 22.7. The van der Waals surface area contributed by atoms with Crippen LogP contribution in [0, 0.1) is 5.82 Å². The van der Waals surface area contributed by atoms with Crippen LogP contribution in [0.2, 0.25) is 0 Å². The summed E-state index contributed by atoms with van der Waals surface area (Å²) >= 11 is 1.59. The van der Waals surface area contributed by atoms with Crippen molar-refractivity contribution in [1.29, 1.82) is 0 Å². The molecule has 8 heteroatoms. The SMILES string of the molecule is COc1ccc(-c2nc(CN3CCN(c4ccc(C(C)=O)cc4F)CC3)cs2)c(OC)c1. The number of carbonyl (C=O) groups is 1.